The zero-order valence-corrected chi connectivity index (χ0v) is 12.4. The van der Waals surface area contributed by atoms with Crippen LogP contribution >= 0.6 is 15.9 Å². The molecule has 0 saturated carbocycles. The summed E-state index contributed by atoms with van der Waals surface area (Å²) in [6, 6.07) is 8.36. The molecular formula is C15H24BrN. The highest BCUT2D eigenvalue weighted by molar-refractivity contribution is 9.10. The SMILES string of the molecule is CCCCCCCCCNc1cccc(Br)c1. The minimum absolute atomic E-state index is 1.09. The summed E-state index contributed by atoms with van der Waals surface area (Å²) in [7, 11) is 0. The van der Waals surface area contributed by atoms with Gasteiger partial charge in [0.2, 0.25) is 0 Å². The Balaban J connectivity index is 1.97. The molecule has 1 aromatic rings. The lowest BCUT2D eigenvalue weighted by Crippen LogP contribution is -2.01. The van der Waals surface area contributed by atoms with Gasteiger partial charge in [-0.2, -0.15) is 0 Å². The number of benzene rings is 1. The van der Waals surface area contributed by atoms with Crippen LogP contribution in [0.4, 0.5) is 5.69 Å². The Bertz CT molecular complexity index is 299. The summed E-state index contributed by atoms with van der Waals surface area (Å²) < 4.78 is 1.14. The van der Waals surface area contributed by atoms with Crippen molar-refractivity contribution in [1.82, 2.24) is 0 Å². The quantitative estimate of drug-likeness (QED) is 0.584. The molecule has 17 heavy (non-hydrogen) atoms. The van der Waals surface area contributed by atoms with E-state index < -0.39 is 0 Å². The Morgan fingerprint density at radius 3 is 2.41 bits per heavy atom. The molecule has 0 unspecified atom stereocenters. The number of anilines is 1. The number of nitrogens with one attached hydrogen (secondary N) is 1. The highest BCUT2D eigenvalue weighted by Crippen LogP contribution is 2.15. The maximum absolute atomic E-state index is 3.48. The van der Waals surface area contributed by atoms with Gasteiger partial charge in [0.1, 0.15) is 0 Å². The van der Waals surface area contributed by atoms with E-state index in [1.165, 1.54) is 50.6 Å². The highest BCUT2D eigenvalue weighted by atomic mass is 79.9. The third kappa shape index (κ3) is 7.43. The molecular weight excluding hydrogens is 274 g/mol. The number of unbranched alkanes of at least 4 members (excludes halogenated alkanes) is 6. The average molecular weight is 298 g/mol. The Hall–Kier alpha value is -0.500. The van der Waals surface area contributed by atoms with Gasteiger partial charge in [-0.15, -0.1) is 0 Å². The second-order valence-electron chi connectivity index (χ2n) is 4.56. The van der Waals surface area contributed by atoms with Gasteiger partial charge in [0.05, 0.1) is 0 Å². The molecule has 1 N–H and O–H groups in total. The van der Waals surface area contributed by atoms with Crippen molar-refractivity contribution in [3.8, 4) is 0 Å². The lowest BCUT2D eigenvalue weighted by molar-refractivity contribution is 0.596. The van der Waals surface area contributed by atoms with E-state index in [4.69, 9.17) is 0 Å². The van der Waals surface area contributed by atoms with Gasteiger partial charge < -0.3 is 5.32 Å². The molecule has 0 heterocycles. The second-order valence-corrected chi connectivity index (χ2v) is 5.47. The van der Waals surface area contributed by atoms with Crippen LogP contribution in [0.15, 0.2) is 28.7 Å². The minimum atomic E-state index is 1.09. The van der Waals surface area contributed by atoms with E-state index in [1.54, 1.807) is 0 Å². The predicted octanol–water partition coefficient (Wildman–Crippen LogP) is 5.61. The molecule has 1 nitrogen and oxygen atoms in total. The summed E-state index contributed by atoms with van der Waals surface area (Å²) in [4.78, 5) is 0. The van der Waals surface area contributed by atoms with Crippen LogP contribution in [0.25, 0.3) is 0 Å². The molecule has 1 aromatic carbocycles. The maximum Gasteiger partial charge on any atom is 0.0351 e. The molecule has 0 fully saturated rings. The van der Waals surface area contributed by atoms with Crippen LogP contribution in [0, 0.1) is 0 Å². The van der Waals surface area contributed by atoms with Gasteiger partial charge in [-0.05, 0) is 24.6 Å². The maximum atomic E-state index is 3.48. The first-order valence-corrected chi connectivity index (χ1v) is 7.61. The normalized spacial score (nSPS) is 10.5. The fourth-order valence-electron chi connectivity index (χ4n) is 1.91. The van der Waals surface area contributed by atoms with Crippen LogP contribution < -0.4 is 5.32 Å². The third-order valence-corrected chi connectivity index (χ3v) is 3.43. The van der Waals surface area contributed by atoms with Gasteiger partial charge in [0.25, 0.3) is 0 Å². The van der Waals surface area contributed by atoms with Gasteiger partial charge in [0.15, 0.2) is 0 Å². The standard InChI is InChI=1S/C15H24BrN/c1-2-3-4-5-6-7-8-12-17-15-11-9-10-14(16)13-15/h9-11,13,17H,2-8,12H2,1H3. The van der Waals surface area contributed by atoms with Gasteiger partial charge in [-0.25, -0.2) is 0 Å². The van der Waals surface area contributed by atoms with Crippen LogP contribution in [0.3, 0.4) is 0 Å². The fourth-order valence-corrected chi connectivity index (χ4v) is 2.31. The van der Waals surface area contributed by atoms with Crippen LogP contribution in [-0.2, 0) is 0 Å². The lowest BCUT2D eigenvalue weighted by Gasteiger charge is -2.06. The topological polar surface area (TPSA) is 12.0 Å². The van der Waals surface area contributed by atoms with Crippen molar-refractivity contribution < 1.29 is 0 Å². The molecule has 0 atom stereocenters. The monoisotopic (exact) mass is 297 g/mol. The first-order valence-electron chi connectivity index (χ1n) is 6.82. The molecule has 0 saturated heterocycles. The van der Waals surface area contributed by atoms with Gasteiger partial charge >= 0.3 is 0 Å². The van der Waals surface area contributed by atoms with Crippen molar-refractivity contribution >= 4 is 21.6 Å². The molecule has 96 valence electrons. The molecule has 0 aliphatic heterocycles. The Morgan fingerprint density at radius 1 is 1.00 bits per heavy atom. The summed E-state index contributed by atoms with van der Waals surface area (Å²) in [5, 5.41) is 3.46. The minimum Gasteiger partial charge on any atom is -0.385 e. The van der Waals surface area contributed by atoms with E-state index in [2.05, 4.69) is 52.4 Å². The van der Waals surface area contributed by atoms with E-state index >= 15 is 0 Å². The van der Waals surface area contributed by atoms with Gasteiger partial charge in [-0.1, -0.05) is 67.4 Å². The van der Waals surface area contributed by atoms with Crippen molar-refractivity contribution in [3.63, 3.8) is 0 Å². The number of rotatable bonds is 9. The molecule has 0 aromatic heterocycles. The molecule has 0 radical (unpaired) electrons. The summed E-state index contributed by atoms with van der Waals surface area (Å²) in [5.74, 6) is 0. The largest absolute Gasteiger partial charge is 0.385 e. The summed E-state index contributed by atoms with van der Waals surface area (Å²) in [5.41, 5.74) is 1.21. The average Bonchev–Trinajstić information content (AvgIpc) is 2.33. The van der Waals surface area contributed by atoms with Crippen molar-refractivity contribution in [2.24, 2.45) is 0 Å². The highest BCUT2D eigenvalue weighted by Gasteiger charge is 1.93. The van der Waals surface area contributed by atoms with E-state index in [9.17, 15) is 0 Å². The summed E-state index contributed by atoms with van der Waals surface area (Å²) in [6.07, 6.45) is 9.57. The Kier molecular flexibility index (Phi) is 8.16. The van der Waals surface area contributed by atoms with Crippen LogP contribution in [0.1, 0.15) is 51.9 Å². The zero-order valence-electron chi connectivity index (χ0n) is 10.8. The predicted molar refractivity (Wildman–Crippen MR) is 80.6 cm³/mol. The molecule has 0 aliphatic rings. The Labute approximate surface area is 114 Å². The summed E-state index contributed by atoms with van der Waals surface area (Å²) >= 11 is 3.48. The number of hydrogen-bond acceptors (Lipinski definition) is 1. The Morgan fingerprint density at radius 2 is 1.71 bits per heavy atom. The number of hydrogen-bond donors (Lipinski definition) is 1. The molecule has 0 aliphatic carbocycles. The summed E-state index contributed by atoms with van der Waals surface area (Å²) in [6.45, 7) is 3.35. The fraction of sp³-hybridized carbons (Fsp3) is 0.600. The molecule has 0 bridgehead atoms. The van der Waals surface area contributed by atoms with Gasteiger partial charge in [0, 0.05) is 16.7 Å². The van der Waals surface area contributed by atoms with E-state index in [-0.39, 0.29) is 0 Å². The van der Waals surface area contributed by atoms with E-state index in [0.717, 1.165) is 11.0 Å². The first-order chi connectivity index (χ1) is 8.33. The van der Waals surface area contributed by atoms with E-state index in [1.807, 2.05) is 0 Å². The van der Waals surface area contributed by atoms with Crippen molar-refractivity contribution in [1.29, 1.82) is 0 Å². The molecule has 1 rings (SSSR count). The van der Waals surface area contributed by atoms with Crippen molar-refractivity contribution in [3.05, 3.63) is 28.7 Å². The smallest absolute Gasteiger partial charge is 0.0351 e. The van der Waals surface area contributed by atoms with Crippen LogP contribution in [-0.4, -0.2) is 6.54 Å². The van der Waals surface area contributed by atoms with Crippen LogP contribution in [0.5, 0.6) is 0 Å². The van der Waals surface area contributed by atoms with Crippen LogP contribution in [0.2, 0.25) is 0 Å². The van der Waals surface area contributed by atoms with Gasteiger partial charge in [-0.3, -0.25) is 0 Å². The second kappa shape index (κ2) is 9.52. The van der Waals surface area contributed by atoms with E-state index in [0.29, 0.717) is 0 Å². The first kappa shape index (κ1) is 14.6. The molecule has 0 spiro atoms. The zero-order chi connectivity index (χ0) is 12.3. The lowest BCUT2D eigenvalue weighted by atomic mass is 10.1. The molecule has 2 heteroatoms. The van der Waals surface area contributed by atoms with Crippen molar-refractivity contribution in [2.45, 2.75) is 51.9 Å². The number of halogens is 1. The molecule has 0 amide bonds. The van der Waals surface area contributed by atoms with Crippen molar-refractivity contribution in [2.75, 3.05) is 11.9 Å². The third-order valence-electron chi connectivity index (χ3n) is 2.93.